The highest BCUT2D eigenvalue weighted by molar-refractivity contribution is 5.79. The Hall–Kier alpha value is -1.81. The van der Waals surface area contributed by atoms with Gasteiger partial charge in [-0.25, -0.2) is 0 Å². The van der Waals surface area contributed by atoms with Crippen LogP contribution < -0.4 is 0 Å². The highest BCUT2D eigenvalue weighted by atomic mass is 16.6. The lowest BCUT2D eigenvalue weighted by Crippen LogP contribution is -2.28. The molecule has 9 nitrogen and oxygen atoms in total. The Morgan fingerprint density at radius 1 is 0.630 bits per heavy atom. The highest BCUT2D eigenvalue weighted by Crippen LogP contribution is 2.36. The lowest BCUT2D eigenvalue weighted by atomic mass is 9.87. The van der Waals surface area contributed by atoms with Crippen LogP contribution in [0.5, 0.6) is 0 Å². The fourth-order valence-electron chi connectivity index (χ4n) is 7.55. The van der Waals surface area contributed by atoms with E-state index in [1.54, 1.807) is 12.2 Å². The molecule has 0 saturated heterocycles. The van der Waals surface area contributed by atoms with E-state index in [1.165, 1.54) is 103 Å². The van der Waals surface area contributed by atoms with Gasteiger partial charge in [-0.1, -0.05) is 161 Å². The first-order valence-corrected chi connectivity index (χ1v) is 22.4. The van der Waals surface area contributed by atoms with Crippen LogP contribution in [0.15, 0.2) is 12.2 Å². The first-order valence-electron chi connectivity index (χ1n) is 22.4. The van der Waals surface area contributed by atoms with E-state index >= 15 is 0 Å². The van der Waals surface area contributed by atoms with Gasteiger partial charge in [-0.3, -0.25) is 14.4 Å². The van der Waals surface area contributed by atoms with E-state index in [2.05, 4.69) is 13.8 Å². The number of carbonyl (C=O) groups is 3. The van der Waals surface area contributed by atoms with Gasteiger partial charge in [-0.2, -0.15) is 0 Å². The second-order valence-corrected chi connectivity index (χ2v) is 16.1. The van der Waals surface area contributed by atoms with E-state index in [0.29, 0.717) is 19.3 Å². The molecule has 0 bridgehead atoms. The number of esters is 2. The number of carbonyl (C=O) groups excluding carboxylic acids is 3. The molecule has 9 heteroatoms. The van der Waals surface area contributed by atoms with Crippen molar-refractivity contribution in [2.24, 2.45) is 11.8 Å². The molecule has 1 fully saturated rings. The number of ketones is 1. The molecule has 1 saturated carbocycles. The van der Waals surface area contributed by atoms with Crippen LogP contribution in [-0.2, 0) is 23.9 Å². The summed E-state index contributed by atoms with van der Waals surface area (Å²) in [6.07, 6.45) is 30.5. The Morgan fingerprint density at radius 3 is 1.63 bits per heavy atom. The minimum Gasteiger partial charge on any atom is -0.462 e. The van der Waals surface area contributed by atoms with Crippen molar-refractivity contribution in [2.45, 2.75) is 231 Å². The van der Waals surface area contributed by atoms with E-state index in [9.17, 15) is 34.8 Å². The molecule has 0 unspecified atom stereocenters. The molecule has 0 aromatic carbocycles. The fourth-order valence-corrected chi connectivity index (χ4v) is 7.55. The minimum absolute atomic E-state index is 0.0410. The Bertz CT molecular complexity index is 953. The van der Waals surface area contributed by atoms with Crippen molar-refractivity contribution in [3.05, 3.63) is 12.2 Å². The van der Waals surface area contributed by atoms with Gasteiger partial charge in [0.1, 0.15) is 12.4 Å². The van der Waals surface area contributed by atoms with Gasteiger partial charge >= 0.3 is 11.9 Å². The van der Waals surface area contributed by atoms with Crippen molar-refractivity contribution in [3.8, 4) is 0 Å². The third-order valence-corrected chi connectivity index (χ3v) is 11.0. The van der Waals surface area contributed by atoms with Crippen LogP contribution in [0.25, 0.3) is 0 Å². The summed E-state index contributed by atoms with van der Waals surface area (Å²) in [6.45, 7) is 3.74. The predicted molar refractivity (Wildman–Crippen MR) is 217 cm³/mol. The molecule has 316 valence electrons. The third kappa shape index (κ3) is 26.9. The molecule has 1 aliphatic rings. The van der Waals surface area contributed by atoms with Gasteiger partial charge < -0.3 is 29.9 Å². The number of rotatable bonds is 37. The zero-order valence-corrected chi connectivity index (χ0v) is 34.6. The van der Waals surface area contributed by atoms with Crippen molar-refractivity contribution in [3.63, 3.8) is 0 Å². The number of hydrogen-bond acceptors (Lipinski definition) is 9. The van der Waals surface area contributed by atoms with E-state index < -0.39 is 48.9 Å². The molecule has 0 aromatic rings. The summed E-state index contributed by atoms with van der Waals surface area (Å²) in [5.41, 5.74) is 0. The number of ether oxygens (including phenoxy) is 2. The standard InChI is InChI=1S/C45H82O9/c1-3-5-7-8-9-10-11-12-13-14-15-16-17-18-19-20-21-22-24-30-45(52)54-39(35-46)36-53-44(51)29-26-25-28-38(48)33-41-40(42(49)34-43(41)50)32-31-37(47)27-23-6-4-2/h31-32,37,39-43,46-47,49-50H,3-30,33-36H2,1-2H3/b32-31+/t37-,39-,40+,41+,42+,43-/m0/s1. The molecule has 54 heavy (non-hydrogen) atoms. The second kappa shape index (κ2) is 34.4. The Balaban J connectivity index is 2.06. The van der Waals surface area contributed by atoms with Gasteiger partial charge in [0.15, 0.2) is 6.10 Å². The maximum absolute atomic E-state index is 12.7. The van der Waals surface area contributed by atoms with Crippen LogP contribution in [0.4, 0.5) is 0 Å². The molecular weight excluding hydrogens is 684 g/mol. The van der Waals surface area contributed by atoms with Crippen molar-refractivity contribution in [1.29, 1.82) is 0 Å². The molecule has 0 heterocycles. The quantitative estimate of drug-likeness (QED) is 0.0275. The SMILES string of the molecule is CCCCCCCCCCCCCCCCCCCCCC(=O)O[C@@H](CO)COC(=O)CCCCC(=O)C[C@@H]1[C@@H](/C=C/[C@@H](O)CCCCC)[C@H](O)C[C@@H]1O. The molecule has 0 amide bonds. The summed E-state index contributed by atoms with van der Waals surface area (Å²) < 4.78 is 10.5. The van der Waals surface area contributed by atoms with Crippen LogP contribution in [0.1, 0.15) is 206 Å². The Kier molecular flexibility index (Phi) is 32.0. The molecule has 1 rings (SSSR count). The number of aliphatic hydroxyl groups is 4. The van der Waals surface area contributed by atoms with Gasteiger partial charge in [-0.05, 0) is 25.7 Å². The normalized spacial score (nSPS) is 19.7. The number of aliphatic hydroxyl groups excluding tert-OH is 4. The predicted octanol–water partition coefficient (Wildman–Crippen LogP) is 9.63. The first kappa shape index (κ1) is 50.2. The fraction of sp³-hybridized carbons (Fsp3) is 0.889. The molecule has 1 aliphatic carbocycles. The molecule has 0 radical (unpaired) electrons. The summed E-state index contributed by atoms with van der Waals surface area (Å²) in [5.74, 6) is -1.70. The van der Waals surface area contributed by atoms with Crippen LogP contribution in [0.3, 0.4) is 0 Å². The van der Waals surface area contributed by atoms with Crippen molar-refractivity contribution in [1.82, 2.24) is 0 Å². The summed E-state index contributed by atoms with van der Waals surface area (Å²) in [7, 11) is 0. The topological polar surface area (TPSA) is 151 Å². The third-order valence-electron chi connectivity index (χ3n) is 11.0. The van der Waals surface area contributed by atoms with Crippen molar-refractivity contribution >= 4 is 17.7 Å². The van der Waals surface area contributed by atoms with E-state index in [4.69, 9.17) is 9.47 Å². The number of unbranched alkanes of at least 4 members (excludes halogenated alkanes) is 21. The van der Waals surface area contributed by atoms with E-state index in [-0.39, 0.29) is 50.4 Å². The average Bonchev–Trinajstić information content (AvgIpc) is 3.42. The molecule has 0 spiro atoms. The molecule has 4 N–H and O–H groups in total. The Labute approximate surface area is 329 Å². The number of Topliss-reactive ketones (excluding diaryl/α,β-unsaturated/α-hetero) is 1. The van der Waals surface area contributed by atoms with E-state index in [1.807, 2.05) is 0 Å². The molecule has 0 aliphatic heterocycles. The largest absolute Gasteiger partial charge is 0.462 e. The number of hydrogen-bond donors (Lipinski definition) is 4. The zero-order valence-electron chi connectivity index (χ0n) is 34.6. The van der Waals surface area contributed by atoms with Gasteiger partial charge in [0.2, 0.25) is 0 Å². The minimum atomic E-state index is -0.893. The van der Waals surface area contributed by atoms with Gasteiger partial charge in [0.05, 0.1) is 24.9 Å². The summed E-state index contributed by atoms with van der Waals surface area (Å²) in [5, 5.41) is 40.7. The smallest absolute Gasteiger partial charge is 0.306 e. The van der Waals surface area contributed by atoms with Gasteiger partial charge in [-0.15, -0.1) is 0 Å². The maximum Gasteiger partial charge on any atom is 0.306 e. The van der Waals surface area contributed by atoms with E-state index in [0.717, 1.165) is 38.5 Å². The first-order chi connectivity index (χ1) is 26.2. The highest BCUT2D eigenvalue weighted by Gasteiger charge is 2.41. The van der Waals surface area contributed by atoms with Crippen LogP contribution in [0, 0.1) is 11.8 Å². The van der Waals surface area contributed by atoms with Gasteiger partial charge in [0, 0.05) is 43.9 Å². The molecular formula is C45H82O9. The van der Waals surface area contributed by atoms with Crippen LogP contribution in [0.2, 0.25) is 0 Å². The summed E-state index contributed by atoms with van der Waals surface area (Å²) in [4.78, 5) is 37.2. The monoisotopic (exact) mass is 767 g/mol. The molecule has 6 atom stereocenters. The van der Waals surface area contributed by atoms with Gasteiger partial charge in [0.25, 0.3) is 0 Å². The Morgan fingerprint density at radius 2 is 1.09 bits per heavy atom. The lowest BCUT2D eigenvalue weighted by molar-refractivity contribution is -0.161. The van der Waals surface area contributed by atoms with Crippen molar-refractivity contribution in [2.75, 3.05) is 13.2 Å². The lowest BCUT2D eigenvalue weighted by Gasteiger charge is -2.20. The molecule has 0 aromatic heterocycles. The zero-order chi connectivity index (χ0) is 39.7. The van der Waals surface area contributed by atoms with Crippen LogP contribution in [-0.4, -0.2) is 75.8 Å². The summed E-state index contributed by atoms with van der Waals surface area (Å²) >= 11 is 0. The maximum atomic E-state index is 12.7. The second-order valence-electron chi connectivity index (χ2n) is 16.1. The van der Waals surface area contributed by atoms with Crippen LogP contribution >= 0.6 is 0 Å². The average molecular weight is 767 g/mol. The summed E-state index contributed by atoms with van der Waals surface area (Å²) in [6, 6.07) is 0. The van der Waals surface area contributed by atoms with Crippen molar-refractivity contribution < 1.29 is 44.3 Å².